The molecule has 2 heterocycles. The molecule has 39 heavy (non-hydrogen) atoms. The fraction of sp³-hybridized carbons (Fsp3) is 0.448. The largest absolute Gasteiger partial charge is 0.430 e. The molecule has 1 unspecified atom stereocenters. The van der Waals surface area contributed by atoms with Gasteiger partial charge in [0.2, 0.25) is 0 Å². The molecule has 0 bridgehead atoms. The van der Waals surface area contributed by atoms with Crippen LogP contribution in [0.25, 0.3) is 5.57 Å². The number of likely N-dealkylation sites (tertiary alicyclic amines) is 1. The third kappa shape index (κ3) is 4.85. The van der Waals surface area contributed by atoms with Crippen molar-refractivity contribution in [3.8, 4) is 0 Å². The van der Waals surface area contributed by atoms with Gasteiger partial charge in [0.1, 0.15) is 0 Å². The highest BCUT2D eigenvalue weighted by molar-refractivity contribution is 6.34. The molecule has 5 rings (SSSR count). The summed E-state index contributed by atoms with van der Waals surface area (Å²) in [6, 6.07) is 12.4. The summed E-state index contributed by atoms with van der Waals surface area (Å²) in [5.74, 6) is -1.45. The zero-order valence-corrected chi connectivity index (χ0v) is 22.6. The van der Waals surface area contributed by atoms with Gasteiger partial charge in [-0.05, 0) is 42.5 Å². The van der Waals surface area contributed by atoms with Gasteiger partial charge in [-0.3, -0.25) is 14.5 Å². The van der Waals surface area contributed by atoms with Gasteiger partial charge in [0.15, 0.2) is 0 Å². The number of hydrogen-bond acceptors (Lipinski definition) is 4. The van der Waals surface area contributed by atoms with E-state index in [0.29, 0.717) is 16.6 Å². The summed E-state index contributed by atoms with van der Waals surface area (Å²) in [5.41, 5.74) is -1.58. The minimum Gasteiger partial charge on any atom is -0.369 e. The van der Waals surface area contributed by atoms with Gasteiger partial charge in [0, 0.05) is 57.3 Å². The number of alkyl halides is 3. The van der Waals surface area contributed by atoms with Crippen molar-refractivity contribution in [3.05, 3.63) is 76.3 Å². The first-order valence-corrected chi connectivity index (χ1v) is 13.3. The van der Waals surface area contributed by atoms with E-state index in [1.165, 1.54) is 28.7 Å². The molecule has 208 valence electrons. The van der Waals surface area contributed by atoms with Crippen molar-refractivity contribution >= 4 is 29.0 Å². The number of halogens is 4. The molecule has 2 aromatic rings. The number of rotatable bonds is 5. The Hall–Kier alpha value is -2.88. The number of amides is 2. The van der Waals surface area contributed by atoms with Gasteiger partial charge in [-0.25, -0.2) is 0 Å². The highest BCUT2D eigenvalue weighted by Gasteiger charge is 2.65. The predicted octanol–water partition coefficient (Wildman–Crippen LogP) is 4.57. The molecule has 1 atom stereocenters. The Morgan fingerprint density at radius 1 is 1.08 bits per heavy atom. The normalized spacial score (nSPS) is 21.0. The number of benzene rings is 2. The Labute approximate surface area is 230 Å². The molecule has 1 aliphatic carbocycles. The van der Waals surface area contributed by atoms with E-state index in [1.807, 2.05) is 12.1 Å². The Morgan fingerprint density at radius 3 is 2.28 bits per heavy atom. The molecule has 2 aromatic carbocycles. The summed E-state index contributed by atoms with van der Waals surface area (Å²) in [6.07, 6.45) is -0.527. The number of aliphatic hydroxyl groups is 1. The van der Waals surface area contributed by atoms with Crippen LogP contribution >= 0.6 is 11.6 Å². The summed E-state index contributed by atoms with van der Waals surface area (Å²) in [4.78, 5) is 30.1. The van der Waals surface area contributed by atoms with E-state index in [0.717, 1.165) is 54.9 Å². The maximum absolute atomic E-state index is 13.9. The summed E-state index contributed by atoms with van der Waals surface area (Å²) in [5, 5.41) is 11.0. The van der Waals surface area contributed by atoms with Crippen LogP contribution in [-0.4, -0.2) is 84.1 Å². The molecular weight excluding hydrogens is 531 g/mol. The molecule has 1 saturated heterocycles. The zero-order chi connectivity index (χ0) is 28.2. The molecule has 2 aliphatic heterocycles. The van der Waals surface area contributed by atoms with Crippen LogP contribution in [0, 0.1) is 5.41 Å². The standard InChI is InChI=1S/C29H31ClF3N3O3/c1-34(2)25(37)23-9-8-20(14-24(23)30)19-10-12-35(13-11-19)22-15-27(16-22)17-36(18-27)26(38)28(39,29(31,32)33)21-6-4-3-5-7-21/h3-10,14,22,39H,11-13,15-18H2,1-2H3. The Balaban J connectivity index is 1.17. The van der Waals surface area contributed by atoms with E-state index in [4.69, 9.17) is 11.6 Å². The molecule has 2 amide bonds. The highest BCUT2D eigenvalue weighted by atomic mass is 35.5. The van der Waals surface area contributed by atoms with Crippen LogP contribution in [0.2, 0.25) is 5.02 Å². The number of hydrogen-bond donors (Lipinski definition) is 1. The van der Waals surface area contributed by atoms with Gasteiger partial charge >= 0.3 is 6.18 Å². The Bertz CT molecular complexity index is 1300. The lowest BCUT2D eigenvalue weighted by atomic mass is 9.59. The molecular formula is C29H31ClF3N3O3. The molecule has 2 fully saturated rings. The summed E-state index contributed by atoms with van der Waals surface area (Å²) in [6.45, 7) is 2.03. The van der Waals surface area contributed by atoms with Crippen LogP contribution in [0.4, 0.5) is 13.2 Å². The van der Waals surface area contributed by atoms with E-state index in [-0.39, 0.29) is 24.4 Å². The number of carbonyl (C=O) groups excluding carboxylic acids is 2. The third-order valence-corrected chi connectivity index (χ3v) is 8.63. The molecule has 10 heteroatoms. The second-order valence-electron chi connectivity index (χ2n) is 11.2. The maximum Gasteiger partial charge on any atom is 0.430 e. The van der Waals surface area contributed by atoms with Gasteiger partial charge < -0.3 is 14.9 Å². The Morgan fingerprint density at radius 2 is 1.74 bits per heavy atom. The van der Waals surface area contributed by atoms with Crippen molar-refractivity contribution in [1.29, 1.82) is 0 Å². The number of carbonyl (C=O) groups is 2. The molecule has 6 nitrogen and oxygen atoms in total. The van der Waals surface area contributed by atoms with Crippen molar-refractivity contribution in [2.24, 2.45) is 5.41 Å². The molecule has 0 radical (unpaired) electrons. The lowest BCUT2D eigenvalue weighted by molar-refractivity contribution is -0.267. The predicted molar refractivity (Wildman–Crippen MR) is 142 cm³/mol. The number of nitrogens with zero attached hydrogens (tertiary/aromatic N) is 3. The molecule has 1 spiro atoms. The average Bonchev–Trinajstić information content (AvgIpc) is 2.86. The minimum absolute atomic E-state index is 0.145. The van der Waals surface area contributed by atoms with Crippen molar-refractivity contribution in [2.75, 3.05) is 40.3 Å². The topological polar surface area (TPSA) is 64.1 Å². The van der Waals surface area contributed by atoms with Crippen LogP contribution < -0.4 is 0 Å². The van der Waals surface area contributed by atoms with E-state index in [2.05, 4.69) is 11.0 Å². The van der Waals surface area contributed by atoms with Gasteiger partial charge in [0.25, 0.3) is 17.4 Å². The van der Waals surface area contributed by atoms with Gasteiger partial charge in [0.05, 0.1) is 10.6 Å². The molecule has 3 aliphatic rings. The van der Waals surface area contributed by atoms with Crippen LogP contribution in [0.5, 0.6) is 0 Å². The molecule has 1 saturated carbocycles. The Kier molecular flexibility index (Phi) is 7.06. The first kappa shape index (κ1) is 27.7. The molecule has 0 aromatic heterocycles. The first-order valence-electron chi connectivity index (χ1n) is 12.9. The van der Waals surface area contributed by atoms with Gasteiger partial charge in [-0.2, -0.15) is 13.2 Å². The van der Waals surface area contributed by atoms with Crippen LogP contribution in [0.1, 0.15) is 40.7 Å². The average molecular weight is 562 g/mol. The van der Waals surface area contributed by atoms with E-state index >= 15 is 0 Å². The third-order valence-electron chi connectivity index (χ3n) is 8.32. The lowest BCUT2D eigenvalue weighted by Gasteiger charge is -2.62. The van der Waals surface area contributed by atoms with E-state index in [9.17, 15) is 27.9 Å². The second kappa shape index (κ2) is 9.94. The fourth-order valence-corrected chi connectivity index (χ4v) is 6.35. The lowest BCUT2D eigenvalue weighted by Crippen LogP contribution is -2.71. The van der Waals surface area contributed by atoms with Crippen molar-refractivity contribution in [3.63, 3.8) is 0 Å². The van der Waals surface area contributed by atoms with Crippen LogP contribution in [0.3, 0.4) is 0 Å². The fourth-order valence-electron chi connectivity index (χ4n) is 6.09. The maximum atomic E-state index is 13.9. The quantitative estimate of drug-likeness (QED) is 0.581. The first-order chi connectivity index (χ1) is 18.3. The second-order valence-corrected chi connectivity index (χ2v) is 11.6. The van der Waals surface area contributed by atoms with E-state index < -0.39 is 23.2 Å². The van der Waals surface area contributed by atoms with Crippen molar-refractivity contribution in [2.45, 2.75) is 37.1 Å². The van der Waals surface area contributed by atoms with Crippen molar-refractivity contribution < 1.29 is 27.9 Å². The van der Waals surface area contributed by atoms with Crippen molar-refractivity contribution in [1.82, 2.24) is 14.7 Å². The van der Waals surface area contributed by atoms with Crippen LogP contribution in [-0.2, 0) is 10.4 Å². The highest BCUT2D eigenvalue weighted by Crippen LogP contribution is 2.52. The summed E-state index contributed by atoms with van der Waals surface area (Å²) < 4.78 is 41.7. The minimum atomic E-state index is -5.12. The van der Waals surface area contributed by atoms with Gasteiger partial charge in [-0.1, -0.05) is 54.1 Å². The summed E-state index contributed by atoms with van der Waals surface area (Å²) >= 11 is 6.38. The SMILES string of the molecule is CN(C)C(=O)c1ccc(C2=CCN(C3CC4(C3)CN(C(=O)C(O)(c3ccccc3)C(F)(F)F)C4)CC2)cc1Cl. The van der Waals surface area contributed by atoms with E-state index in [1.54, 1.807) is 20.2 Å². The summed E-state index contributed by atoms with van der Waals surface area (Å²) in [7, 11) is 3.36. The monoisotopic (exact) mass is 561 g/mol. The van der Waals surface area contributed by atoms with Gasteiger partial charge in [-0.15, -0.1) is 0 Å². The molecule has 1 N–H and O–H groups in total. The van der Waals surface area contributed by atoms with Crippen LogP contribution in [0.15, 0.2) is 54.6 Å². The smallest absolute Gasteiger partial charge is 0.369 e. The zero-order valence-electron chi connectivity index (χ0n) is 21.8.